The lowest BCUT2D eigenvalue weighted by Gasteiger charge is -2.47. The maximum atomic E-state index is 12.7. The summed E-state index contributed by atoms with van der Waals surface area (Å²) in [6, 6.07) is 4.51. The molecule has 0 aliphatic carbocycles. The Labute approximate surface area is 127 Å². The van der Waals surface area contributed by atoms with E-state index < -0.39 is 21.6 Å². The number of quaternary nitrogens is 2. The zero-order valence-corrected chi connectivity index (χ0v) is 12.4. The van der Waals surface area contributed by atoms with Crippen molar-refractivity contribution >= 4 is 23.3 Å². The van der Waals surface area contributed by atoms with E-state index in [-0.39, 0.29) is 18.0 Å². The van der Waals surface area contributed by atoms with Crippen LogP contribution in [0.3, 0.4) is 0 Å². The van der Waals surface area contributed by atoms with Gasteiger partial charge in [0.25, 0.3) is 11.6 Å². The first-order chi connectivity index (χ1) is 10.3. The van der Waals surface area contributed by atoms with E-state index in [1.54, 1.807) is 6.07 Å². The third kappa shape index (κ3) is 2.80. The SMILES string of the molecule is CCCCO[N+]1([O-])NC(=O)[N+]([O-])(NC(C)=O)c2ccccc21. The van der Waals surface area contributed by atoms with E-state index in [1.807, 2.05) is 17.8 Å². The molecule has 1 aliphatic heterocycles. The van der Waals surface area contributed by atoms with Gasteiger partial charge in [-0.15, -0.1) is 10.2 Å². The van der Waals surface area contributed by atoms with Gasteiger partial charge in [0, 0.05) is 19.1 Å². The fourth-order valence-corrected chi connectivity index (χ4v) is 2.12. The molecular weight excluding hydrogens is 292 g/mol. The quantitative estimate of drug-likeness (QED) is 0.488. The summed E-state index contributed by atoms with van der Waals surface area (Å²) in [5, 5.41) is 25.4. The molecule has 1 aromatic carbocycles. The van der Waals surface area contributed by atoms with Gasteiger partial charge in [-0.3, -0.25) is 4.79 Å². The minimum Gasteiger partial charge on any atom is -0.592 e. The summed E-state index contributed by atoms with van der Waals surface area (Å²) in [5.74, 6) is -0.697. The van der Waals surface area contributed by atoms with Crippen molar-refractivity contribution in [3.63, 3.8) is 0 Å². The Hall–Kier alpha value is -2.04. The summed E-state index contributed by atoms with van der Waals surface area (Å²) in [4.78, 5) is 26.9. The molecule has 9 nitrogen and oxygen atoms in total. The zero-order valence-electron chi connectivity index (χ0n) is 12.4. The summed E-state index contributed by atoms with van der Waals surface area (Å²) in [6.07, 6.45) is 1.44. The Morgan fingerprint density at radius 1 is 1.32 bits per heavy atom. The van der Waals surface area contributed by atoms with Crippen molar-refractivity contribution in [3.8, 4) is 0 Å². The number of nitrogens with one attached hydrogen (secondary N) is 2. The van der Waals surface area contributed by atoms with Crippen LogP contribution in [0.5, 0.6) is 0 Å². The second kappa shape index (κ2) is 5.99. The highest BCUT2D eigenvalue weighted by Crippen LogP contribution is 2.39. The van der Waals surface area contributed by atoms with E-state index in [2.05, 4.69) is 0 Å². The minimum absolute atomic E-state index is 0.0815. The molecule has 0 spiro atoms. The Bertz CT molecular complexity index is 596. The number of rotatable bonds is 5. The smallest absolute Gasteiger partial charge is 0.494 e. The van der Waals surface area contributed by atoms with E-state index >= 15 is 0 Å². The number of amides is 3. The van der Waals surface area contributed by atoms with Crippen LogP contribution in [0, 0.1) is 10.4 Å². The van der Waals surface area contributed by atoms with Gasteiger partial charge in [0.1, 0.15) is 6.61 Å². The monoisotopic (exact) mass is 310 g/mol. The Morgan fingerprint density at radius 2 is 1.95 bits per heavy atom. The molecule has 2 rings (SSSR count). The average molecular weight is 310 g/mol. The Kier molecular flexibility index (Phi) is 4.44. The predicted molar refractivity (Wildman–Crippen MR) is 80.0 cm³/mol. The highest BCUT2D eigenvalue weighted by atomic mass is 17.0. The number of hydroxylamine groups is 1. The molecular formula is C13H18N4O5. The number of benzene rings is 1. The van der Waals surface area contributed by atoms with Gasteiger partial charge >= 0.3 is 6.03 Å². The molecule has 2 atom stereocenters. The lowest BCUT2D eigenvalue weighted by Crippen LogP contribution is -2.74. The van der Waals surface area contributed by atoms with Gasteiger partial charge in [0.05, 0.1) is 0 Å². The molecule has 0 bridgehead atoms. The molecule has 120 valence electrons. The molecule has 1 heterocycles. The van der Waals surface area contributed by atoms with E-state index in [1.165, 1.54) is 18.2 Å². The molecule has 9 heteroatoms. The van der Waals surface area contributed by atoms with Gasteiger partial charge in [0.2, 0.25) is 5.69 Å². The molecule has 2 N–H and O–H groups in total. The van der Waals surface area contributed by atoms with E-state index in [0.29, 0.717) is 6.42 Å². The third-order valence-electron chi connectivity index (χ3n) is 3.15. The molecule has 1 aromatic rings. The standard InChI is InChI=1S/C13H18N4O5/c1-3-4-9-22-17(21)12-8-6-5-7-11(12)16(20,13(19)15-17)14-10(2)18/h5-8H,3-4,9H2,1-2H3,(H,14,18)(H,15,19). The molecule has 3 amide bonds. The number of unbranched alkanes of at least 4 members (excludes halogenated alkanes) is 1. The van der Waals surface area contributed by atoms with E-state index in [9.17, 15) is 20.0 Å². The van der Waals surface area contributed by atoms with Gasteiger partial charge in [-0.25, -0.2) is 0 Å². The summed E-state index contributed by atoms with van der Waals surface area (Å²) >= 11 is 0. The van der Waals surface area contributed by atoms with Crippen LogP contribution in [0.25, 0.3) is 0 Å². The van der Waals surface area contributed by atoms with E-state index in [0.717, 1.165) is 13.3 Å². The third-order valence-corrected chi connectivity index (χ3v) is 3.15. The summed E-state index contributed by atoms with van der Waals surface area (Å²) < 4.78 is -1.79. The number of carbonyl (C=O) groups excluding carboxylic acids is 2. The van der Waals surface area contributed by atoms with Gasteiger partial charge in [-0.1, -0.05) is 30.4 Å². The largest absolute Gasteiger partial charge is 0.592 e. The van der Waals surface area contributed by atoms with Crippen LogP contribution in [0.15, 0.2) is 24.3 Å². The van der Waals surface area contributed by atoms with Crippen molar-refractivity contribution in [2.45, 2.75) is 26.7 Å². The average Bonchev–Trinajstić information content (AvgIpc) is 2.45. The number of hydrogen-bond donors (Lipinski definition) is 2. The zero-order chi connectivity index (χ0) is 16.4. The summed E-state index contributed by atoms with van der Waals surface area (Å²) in [5.41, 5.74) is 3.70. The first-order valence-electron chi connectivity index (χ1n) is 6.90. The molecule has 0 saturated heterocycles. The number of urea groups is 1. The second-order valence-corrected chi connectivity index (χ2v) is 4.92. The molecule has 22 heavy (non-hydrogen) atoms. The fourth-order valence-electron chi connectivity index (χ4n) is 2.12. The molecule has 0 fully saturated rings. The van der Waals surface area contributed by atoms with Crippen LogP contribution in [-0.4, -0.2) is 18.5 Å². The van der Waals surface area contributed by atoms with Crippen LogP contribution in [-0.2, 0) is 9.63 Å². The highest BCUT2D eigenvalue weighted by molar-refractivity contribution is 5.96. The van der Waals surface area contributed by atoms with Crippen molar-refractivity contribution in [3.05, 3.63) is 34.7 Å². The summed E-state index contributed by atoms with van der Waals surface area (Å²) in [6.45, 7) is 3.16. The van der Waals surface area contributed by atoms with Gasteiger partial charge in [0.15, 0.2) is 0 Å². The maximum Gasteiger partial charge on any atom is 0.494 e. The lowest BCUT2D eigenvalue weighted by atomic mass is 10.2. The Balaban J connectivity index is 2.45. The van der Waals surface area contributed by atoms with Gasteiger partial charge in [-0.2, -0.15) is 15.1 Å². The van der Waals surface area contributed by atoms with Gasteiger partial charge < -0.3 is 10.4 Å². The fraction of sp³-hybridized carbons (Fsp3) is 0.385. The first-order valence-corrected chi connectivity index (χ1v) is 6.90. The van der Waals surface area contributed by atoms with Crippen LogP contribution in [0.4, 0.5) is 16.2 Å². The van der Waals surface area contributed by atoms with Crippen LogP contribution >= 0.6 is 0 Å². The maximum absolute atomic E-state index is 12.7. The second-order valence-electron chi connectivity index (χ2n) is 4.92. The van der Waals surface area contributed by atoms with Crippen molar-refractivity contribution in [2.75, 3.05) is 6.61 Å². The number of fused-ring (bicyclic) bond motifs is 1. The van der Waals surface area contributed by atoms with Crippen molar-refractivity contribution in [1.29, 1.82) is 0 Å². The van der Waals surface area contributed by atoms with Crippen molar-refractivity contribution in [1.82, 2.24) is 20.5 Å². The van der Waals surface area contributed by atoms with Gasteiger partial charge in [-0.05, 0) is 6.42 Å². The number of hydrogen-bond acceptors (Lipinski definition) is 5. The topological polar surface area (TPSA) is 114 Å². The highest BCUT2D eigenvalue weighted by Gasteiger charge is 2.50. The van der Waals surface area contributed by atoms with Crippen molar-refractivity contribution < 1.29 is 14.4 Å². The van der Waals surface area contributed by atoms with Crippen LogP contribution < -0.4 is 20.5 Å². The first kappa shape index (κ1) is 16.3. The Morgan fingerprint density at radius 3 is 2.55 bits per heavy atom. The predicted octanol–water partition coefficient (Wildman–Crippen LogP) is 1.72. The summed E-state index contributed by atoms with van der Waals surface area (Å²) in [7, 11) is 0. The number of nitrogens with zero attached hydrogens (tertiary/aromatic N) is 2. The molecule has 1 aliphatic rings. The lowest BCUT2D eigenvalue weighted by molar-refractivity contribution is -0.144. The number of carbonyl (C=O) groups is 2. The normalized spacial score (nSPS) is 27.0. The molecule has 0 aromatic heterocycles. The minimum atomic E-state index is -1.79. The van der Waals surface area contributed by atoms with Crippen molar-refractivity contribution in [2.24, 2.45) is 0 Å². The molecule has 0 saturated carbocycles. The number of para-hydroxylation sites is 2. The van der Waals surface area contributed by atoms with E-state index in [4.69, 9.17) is 4.84 Å². The van der Waals surface area contributed by atoms with Crippen LogP contribution in [0.1, 0.15) is 26.7 Å². The molecule has 0 radical (unpaired) electrons. The van der Waals surface area contributed by atoms with Crippen LogP contribution in [0.2, 0.25) is 0 Å². The molecule has 2 unspecified atom stereocenters.